The lowest BCUT2D eigenvalue weighted by molar-refractivity contribution is 0.0583. The van der Waals surface area contributed by atoms with E-state index in [1.165, 1.54) is 16.7 Å². The van der Waals surface area contributed by atoms with Crippen molar-refractivity contribution in [3.05, 3.63) is 63.7 Å². The number of rotatable bonds is 9. The van der Waals surface area contributed by atoms with Crippen LogP contribution in [0.5, 0.6) is 0 Å². The second kappa shape index (κ2) is 12.8. The van der Waals surface area contributed by atoms with Crippen molar-refractivity contribution < 1.29 is 19.1 Å². The number of carbonyl (C=O) groups is 2. The number of hydrogen-bond donors (Lipinski definition) is 1. The lowest BCUT2D eigenvalue weighted by atomic mass is 9.79. The van der Waals surface area contributed by atoms with Gasteiger partial charge in [0, 0.05) is 36.4 Å². The number of anilines is 1. The Morgan fingerprint density at radius 1 is 1.06 bits per heavy atom. The van der Waals surface area contributed by atoms with Gasteiger partial charge < -0.3 is 19.7 Å². The van der Waals surface area contributed by atoms with Gasteiger partial charge in [-0.05, 0) is 99.2 Å². The number of nitrogens with zero attached hydrogens (tertiary/aromatic N) is 1. The third-order valence-corrected chi connectivity index (χ3v) is 7.26. The van der Waals surface area contributed by atoms with E-state index in [1.54, 1.807) is 31.2 Å². The molecule has 0 bridgehead atoms. The van der Waals surface area contributed by atoms with Crippen LogP contribution in [0.3, 0.4) is 0 Å². The summed E-state index contributed by atoms with van der Waals surface area (Å²) in [5.74, 6) is 0.536. The third kappa shape index (κ3) is 6.91. The van der Waals surface area contributed by atoms with Crippen molar-refractivity contribution in [3.8, 4) is 0 Å². The predicted molar refractivity (Wildman–Crippen MR) is 141 cm³/mol. The molecular formula is C28H37ClN2O4. The number of amides is 1. The molecule has 190 valence electrons. The van der Waals surface area contributed by atoms with Gasteiger partial charge in [-0.3, -0.25) is 4.79 Å². The molecule has 0 unspecified atom stereocenters. The van der Waals surface area contributed by atoms with Gasteiger partial charge in [0.1, 0.15) is 0 Å². The number of hydrogen-bond acceptors (Lipinski definition) is 5. The van der Waals surface area contributed by atoms with Crippen LogP contribution < -0.4 is 5.32 Å². The monoisotopic (exact) mass is 500 g/mol. The number of carbonyl (C=O) groups excluding carboxylic acids is 2. The molecule has 1 saturated carbocycles. The van der Waals surface area contributed by atoms with E-state index in [0.29, 0.717) is 29.7 Å². The SMILES string of the molecule is CCOC(=O)OCCCc1ccc([C@H]2CC[C@H](N(C)C(=O)c3ccc(Cl)cc3)CC2)c(C)c1NC. The molecule has 1 amide bonds. The quantitative estimate of drug-likeness (QED) is 0.310. The van der Waals surface area contributed by atoms with Gasteiger partial charge in [-0.25, -0.2) is 4.79 Å². The Hall–Kier alpha value is -2.73. The highest BCUT2D eigenvalue weighted by Gasteiger charge is 2.29. The molecule has 2 aromatic rings. The normalized spacial score (nSPS) is 17.5. The maximum Gasteiger partial charge on any atom is 0.508 e. The Balaban J connectivity index is 1.58. The fourth-order valence-electron chi connectivity index (χ4n) is 5.10. The van der Waals surface area contributed by atoms with Crippen molar-refractivity contribution in [1.29, 1.82) is 0 Å². The maximum absolute atomic E-state index is 12.9. The molecule has 1 aliphatic rings. The first-order chi connectivity index (χ1) is 16.8. The molecular weight excluding hydrogens is 464 g/mol. The molecule has 0 heterocycles. The van der Waals surface area contributed by atoms with Crippen molar-refractivity contribution in [3.63, 3.8) is 0 Å². The minimum absolute atomic E-state index is 0.0510. The van der Waals surface area contributed by atoms with E-state index in [9.17, 15) is 9.59 Å². The van der Waals surface area contributed by atoms with Crippen LogP contribution in [0.4, 0.5) is 10.5 Å². The molecule has 3 rings (SSSR count). The smallest absolute Gasteiger partial charge is 0.435 e. The maximum atomic E-state index is 12.9. The highest BCUT2D eigenvalue weighted by molar-refractivity contribution is 6.30. The summed E-state index contributed by atoms with van der Waals surface area (Å²) in [6.07, 6.45) is 5.04. The number of aryl methyl sites for hydroxylation is 1. The Kier molecular flexibility index (Phi) is 9.84. The Morgan fingerprint density at radius 3 is 2.37 bits per heavy atom. The van der Waals surface area contributed by atoms with Crippen molar-refractivity contribution >= 4 is 29.4 Å². The van der Waals surface area contributed by atoms with Crippen LogP contribution in [0.1, 0.15) is 72.0 Å². The summed E-state index contributed by atoms with van der Waals surface area (Å²) in [6, 6.07) is 11.8. The van der Waals surface area contributed by atoms with Crippen LogP contribution >= 0.6 is 11.6 Å². The molecule has 1 N–H and O–H groups in total. The molecule has 1 fully saturated rings. The van der Waals surface area contributed by atoms with Crippen molar-refractivity contribution in [2.45, 2.75) is 64.3 Å². The molecule has 1 aliphatic carbocycles. The van der Waals surface area contributed by atoms with Crippen LogP contribution in [0, 0.1) is 6.92 Å². The second-order valence-corrected chi connectivity index (χ2v) is 9.56. The van der Waals surface area contributed by atoms with Gasteiger partial charge in [-0.15, -0.1) is 0 Å². The van der Waals surface area contributed by atoms with Crippen LogP contribution in [0.25, 0.3) is 0 Å². The first kappa shape index (κ1) is 26.9. The van der Waals surface area contributed by atoms with E-state index >= 15 is 0 Å². The van der Waals surface area contributed by atoms with Crippen molar-refractivity contribution in [1.82, 2.24) is 4.90 Å². The average Bonchev–Trinajstić information content (AvgIpc) is 2.86. The van der Waals surface area contributed by atoms with Crippen LogP contribution in [0.15, 0.2) is 36.4 Å². The zero-order valence-corrected chi connectivity index (χ0v) is 22.0. The lowest BCUT2D eigenvalue weighted by Gasteiger charge is -2.35. The fourth-order valence-corrected chi connectivity index (χ4v) is 5.22. The largest absolute Gasteiger partial charge is 0.508 e. The highest BCUT2D eigenvalue weighted by atomic mass is 35.5. The fraction of sp³-hybridized carbons (Fsp3) is 0.500. The highest BCUT2D eigenvalue weighted by Crippen LogP contribution is 2.39. The Bertz CT molecular complexity index is 1000. The van der Waals surface area contributed by atoms with Gasteiger partial charge in [0.05, 0.1) is 13.2 Å². The van der Waals surface area contributed by atoms with E-state index in [-0.39, 0.29) is 11.9 Å². The molecule has 0 aromatic heterocycles. The zero-order chi connectivity index (χ0) is 25.4. The van der Waals surface area contributed by atoms with Gasteiger partial charge in [-0.1, -0.05) is 23.7 Å². The number of benzene rings is 2. The standard InChI is InChI=1S/C28H37ClN2O4/c1-5-34-28(33)35-18-6-7-21-12-17-25(19(2)26(21)30-3)20-10-15-24(16-11-20)31(4)27(32)22-8-13-23(29)14-9-22/h8-9,12-14,17,20,24,30H,5-7,10-11,15-16,18H2,1-4H3/t20-,24-. The van der Waals surface area contributed by atoms with E-state index < -0.39 is 6.16 Å². The lowest BCUT2D eigenvalue weighted by Crippen LogP contribution is -2.39. The van der Waals surface area contributed by atoms with Gasteiger partial charge in [0.15, 0.2) is 0 Å². The molecule has 6 nitrogen and oxygen atoms in total. The second-order valence-electron chi connectivity index (χ2n) is 9.13. The number of nitrogens with one attached hydrogen (secondary N) is 1. The van der Waals surface area contributed by atoms with Gasteiger partial charge >= 0.3 is 6.16 Å². The van der Waals surface area contributed by atoms with Crippen LogP contribution in [0.2, 0.25) is 5.02 Å². The minimum Gasteiger partial charge on any atom is -0.435 e. The molecule has 0 aliphatic heterocycles. The van der Waals surface area contributed by atoms with Gasteiger partial charge in [0.25, 0.3) is 5.91 Å². The summed E-state index contributed by atoms with van der Waals surface area (Å²) in [5.41, 5.74) is 5.73. The Labute approximate surface area is 213 Å². The molecule has 7 heteroatoms. The molecule has 0 atom stereocenters. The molecule has 0 saturated heterocycles. The topological polar surface area (TPSA) is 67.9 Å². The third-order valence-electron chi connectivity index (χ3n) is 7.01. The van der Waals surface area contributed by atoms with E-state index in [0.717, 1.165) is 44.2 Å². The number of halogens is 1. The first-order valence-corrected chi connectivity index (χ1v) is 12.9. The van der Waals surface area contributed by atoms with Crippen LogP contribution in [-0.4, -0.2) is 50.3 Å². The van der Waals surface area contributed by atoms with Gasteiger partial charge in [-0.2, -0.15) is 0 Å². The van der Waals surface area contributed by atoms with Crippen molar-refractivity contribution in [2.24, 2.45) is 0 Å². The summed E-state index contributed by atoms with van der Waals surface area (Å²) >= 11 is 5.96. The average molecular weight is 501 g/mol. The number of ether oxygens (including phenoxy) is 2. The summed E-state index contributed by atoms with van der Waals surface area (Å²) < 4.78 is 9.89. The summed E-state index contributed by atoms with van der Waals surface area (Å²) in [4.78, 5) is 26.2. The summed E-state index contributed by atoms with van der Waals surface area (Å²) in [5, 5.41) is 4.02. The van der Waals surface area contributed by atoms with E-state index in [1.807, 2.05) is 19.0 Å². The summed E-state index contributed by atoms with van der Waals surface area (Å²) in [7, 11) is 3.87. The first-order valence-electron chi connectivity index (χ1n) is 12.5. The van der Waals surface area contributed by atoms with Crippen LogP contribution in [-0.2, 0) is 15.9 Å². The zero-order valence-electron chi connectivity index (χ0n) is 21.2. The minimum atomic E-state index is -0.607. The van der Waals surface area contributed by atoms with Gasteiger partial charge in [0.2, 0.25) is 0 Å². The molecule has 35 heavy (non-hydrogen) atoms. The predicted octanol–water partition coefficient (Wildman–Crippen LogP) is 6.59. The molecule has 0 spiro atoms. The Morgan fingerprint density at radius 2 is 1.74 bits per heavy atom. The molecule has 0 radical (unpaired) electrons. The van der Waals surface area contributed by atoms with Crippen molar-refractivity contribution in [2.75, 3.05) is 32.6 Å². The summed E-state index contributed by atoms with van der Waals surface area (Å²) in [6.45, 7) is 4.60. The van der Waals surface area contributed by atoms with E-state index in [4.69, 9.17) is 21.1 Å². The van der Waals surface area contributed by atoms with E-state index in [2.05, 4.69) is 24.4 Å². The molecule has 2 aromatic carbocycles.